The summed E-state index contributed by atoms with van der Waals surface area (Å²) in [5.74, 6) is -0.984. The van der Waals surface area contributed by atoms with Crippen LogP contribution >= 0.6 is 0 Å². The number of nitrogens with zero attached hydrogens (tertiary/aromatic N) is 3. The number of hydrogen-bond donors (Lipinski definition) is 2. The fourth-order valence-electron chi connectivity index (χ4n) is 1.65. The molecule has 0 fully saturated rings. The van der Waals surface area contributed by atoms with Crippen LogP contribution in [0.1, 0.15) is 16.1 Å². The second-order valence-corrected chi connectivity index (χ2v) is 4.54. The lowest BCUT2D eigenvalue weighted by Gasteiger charge is -2.03. The highest BCUT2D eigenvalue weighted by Gasteiger charge is 2.08. The number of nitro groups is 1. The molecule has 0 radical (unpaired) electrons. The maximum absolute atomic E-state index is 11.7. The van der Waals surface area contributed by atoms with E-state index in [1.165, 1.54) is 42.7 Å². The molecule has 9 heteroatoms. The Morgan fingerprint density at radius 3 is 2.58 bits per heavy atom. The second-order valence-electron chi connectivity index (χ2n) is 4.54. The molecule has 1 aromatic carbocycles. The van der Waals surface area contributed by atoms with Crippen molar-refractivity contribution in [1.82, 2.24) is 15.7 Å². The second kappa shape index (κ2) is 8.13. The van der Waals surface area contributed by atoms with E-state index in [1.54, 1.807) is 12.1 Å². The Balaban J connectivity index is 1.78. The van der Waals surface area contributed by atoms with Crippen LogP contribution in [0.5, 0.6) is 0 Å². The summed E-state index contributed by atoms with van der Waals surface area (Å²) < 4.78 is 0. The summed E-state index contributed by atoms with van der Waals surface area (Å²) in [6.07, 6.45) is 2.81. The van der Waals surface area contributed by atoms with E-state index in [9.17, 15) is 19.7 Å². The number of benzene rings is 1. The van der Waals surface area contributed by atoms with Crippen molar-refractivity contribution in [2.24, 2.45) is 5.10 Å². The summed E-state index contributed by atoms with van der Waals surface area (Å²) in [6.45, 7) is -0.257. The number of rotatable bonds is 6. The van der Waals surface area contributed by atoms with Crippen molar-refractivity contribution >= 4 is 23.7 Å². The minimum atomic E-state index is -0.516. The molecule has 1 aromatic heterocycles. The fraction of sp³-hybridized carbons (Fsp3) is 0.0667. The zero-order valence-electron chi connectivity index (χ0n) is 12.4. The Bertz CT molecular complexity index is 759. The number of aromatic nitrogens is 1. The molecular formula is C15H13N5O4. The van der Waals surface area contributed by atoms with Gasteiger partial charge in [-0.05, 0) is 29.8 Å². The molecule has 2 N–H and O–H groups in total. The van der Waals surface area contributed by atoms with E-state index in [-0.39, 0.29) is 17.9 Å². The van der Waals surface area contributed by atoms with E-state index in [1.807, 2.05) is 0 Å². The Hall–Kier alpha value is -3.62. The molecule has 122 valence electrons. The van der Waals surface area contributed by atoms with Gasteiger partial charge in [-0.1, -0.05) is 6.07 Å². The molecule has 24 heavy (non-hydrogen) atoms. The molecule has 0 spiro atoms. The van der Waals surface area contributed by atoms with Gasteiger partial charge in [0.2, 0.25) is 0 Å². The molecule has 2 rings (SSSR count). The van der Waals surface area contributed by atoms with Gasteiger partial charge in [0.25, 0.3) is 17.5 Å². The molecule has 0 saturated heterocycles. The van der Waals surface area contributed by atoms with Crippen LogP contribution < -0.4 is 10.7 Å². The standard InChI is InChI=1S/C15H13N5O4/c21-14(10-17-15(22)13-3-1-2-8-16-13)19-18-9-11-4-6-12(7-5-11)20(23)24/h1-9H,10H2,(H,17,22)(H,19,21)/b18-9-. The molecule has 0 aliphatic heterocycles. The third-order valence-electron chi connectivity index (χ3n) is 2.81. The van der Waals surface area contributed by atoms with Gasteiger partial charge in [-0.2, -0.15) is 5.10 Å². The van der Waals surface area contributed by atoms with Crippen LogP contribution in [0.4, 0.5) is 5.69 Å². The van der Waals surface area contributed by atoms with Crippen molar-refractivity contribution in [3.63, 3.8) is 0 Å². The first-order valence-electron chi connectivity index (χ1n) is 6.82. The lowest BCUT2D eigenvalue weighted by Crippen LogP contribution is -2.35. The summed E-state index contributed by atoms with van der Waals surface area (Å²) in [7, 11) is 0. The zero-order chi connectivity index (χ0) is 17.4. The van der Waals surface area contributed by atoms with E-state index in [0.717, 1.165) is 0 Å². The maximum atomic E-state index is 11.7. The Labute approximate surface area is 136 Å². The van der Waals surface area contributed by atoms with Crippen molar-refractivity contribution < 1.29 is 14.5 Å². The van der Waals surface area contributed by atoms with Crippen LogP contribution in [-0.2, 0) is 4.79 Å². The summed E-state index contributed by atoms with van der Waals surface area (Å²) in [5.41, 5.74) is 2.99. The molecule has 2 amide bonds. The predicted molar refractivity (Wildman–Crippen MR) is 85.4 cm³/mol. The topological polar surface area (TPSA) is 127 Å². The average Bonchev–Trinajstić information content (AvgIpc) is 2.61. The highest BCUT2D eigenvalue weighted by Crippen LogP contribution is 2.10. The lowest BCUT2D eigenvalue weighted by molar-refractivity contribution is -0.384. The van der Waals surface area contributed by atoms with Gasteiger partial charge >= 0.3 is 0 Å². The van der Waals surface area contributed by atoms with Gasteiger partial charge in [0.1, 0.15) is 5.69 Å². The molecule has 9 nitrogen and oxygen atoms in total. The molecule has 2 aromatic rings. The maximum Gasteiger partial charge on any atom is 0.270 e. The van der Waals surface area contributed by atoms with Gasteiger partial charge in [-0.25, -0.2) is 5.43 Å². The highest BCUT2D eigenvalue weighted by molar-refractivity contribution is 5.94. The van der Waals surface area contributed by atoms with E-state index in [0.29, 0.717) is 5.56 Å². The van der Waals surface area contributed by atoms with Gasteiger partial charge in [-0.15, -0.1) is 0 Å². The minimum absolute atomic E-state index is 0.0339. The molecule has 0 saturated carbocycles. The van der Waals surface area contributed by atoms with Crippen molar-refractivity contribution in [3.8, 4) is 0 Å². The smallest absolute Gasteiger partial charge is 0.270 e. The fourth-order valence-corrected chi connectivity index (χ4v) is 1.65. The lowest BCUT2D eigenvalue weighted by atomic mass is 10.2. The first-order chi connectivity index (χ1) is 11.6. The van der Waals surface area contributed by atoms with Gasteiger partial charge in [0.05, 0.1) is 17.7 Å². The molecular weight excluding hydrogens is 314 g/mol. The van der Waals surface area contributed by atoms with Gasteiger partial charge in [0, 0.05) is 18.3 Å². The Morgan fingerprint density at radius 1 is 1.21 bits per heavy atom. The van der Waals surface area contributed by atoms with Crippen LogP contribution in [0.25, 0.3) is 0 Å². The first-order valence-corrected chi connectivity index (χ1v) is 6.82. The number of non-ortho nitro benzene ring substituents is 1. The molecule has 0 atom stereocenters. The molecule has 1 heterocycles. The molecule has 0 aliphatic rings. The van der Waals surface area contributed by atoms with E-state index in [2.05, 4.69) is 20.8 Å². The number of carbonyl (C=O) groups excluding carboxylic acids is 2. The van der Waals surface area contributed by atoms with Crippen LogP contribution in [0.3, 0.4) is 0 Å². The number of amides is 2. The van der Waals surface area contributed by atoms with Crippen LogP contribution in [0.15, 0.2) is 53.8 Å². The Morgan fingerprint density at radius 2 is 1.96 bits per heavy atom. The van der Waals surface area contributed by atoms with Gasteiger partial charge in [-0.3, -0.25) is 24.7 Å². The van der Waals surface area contributed by atoms with Gasteiger partial charge in [0.15, 0.2) is 0 Å². The van der Waals surface area contributed by atoms with Crippen molar-refractivity contribution in [3.05, 3.63) is 70.0 Å². The third kappa shape index (κ3) is 4.98. The van der Waals surface area contributed by atoms with E-state index >= 15 is 0 Å². The SMILES string of the molecule is O=C(CNC(=O)c1ccccn1)N/N=C\c1ccc([N+](=O)[O-])cc1. The van der Waals surface area contributed by atoms with Crippen LogP contribution in [-0.4, -0.2) is 34.5 Å². The first kappa shape index (κ1) is 16.7. The van der Waals surface area contributed by atoms with Crippen molar-refractivity contribution in [1.29, 1.82) is 0 Å². The molecule has 0 aliphatic carbocycles. The number of carbonyl (C=O) groups is 2. The number of hydrazone groups is 1. The minimum Gasteiger partial charge on any atom is -0.342 e. The van der Waals surface area contributed by atoms with Gasteiger partial charge < -0.3 is 5.32 Å². The van der Waals surface area contributed by atoms with Crippen molar-refractivity contribution in [2.75, 3.05) is 6.54 Å². The van der Waals surface area contributed by atoms with E-state index in [4.69, 9.17) is 0 Å². The summed E-state index contributed by atoms with van der Waals surface area (Å²) >= 11 is 0. The quantitative estimate of drug-likeness (QED) is 0.462. The average molecular weight is 327 g/mol. The summed E-state index contributed by atoms with van der Waals surface area (Å²) in [4.78, 5) is 37.1. The van der Waals surface area contributed by atoms with Crippen molar-refractivity contribution in [2.45, 2.75) is 0 Å². The van der Waals surface area contributed by atoms with Crippen LogP contribution in [0.2, 0.25) is 0 Å². The third-order valence-corrected chi connectivity index (χ3v) is 2.81. The largest absolute Gasteiger partial charge is 0.342 e. The monoisotopic (exact) mass is 327 g/mol. The highest BCUT2D eigenvalue weighted by atomic mass is 16.6. The predicted octanol–water partition coefficient (Wildman–Crippen LogP) is 0.870. The molecule has 0 unspecified atom stereocenters. The van der Waals surface area contributed by atoms with Crippen LogP contribution in [0, 0.1) is 10.1 Å². The Kier molecular flexibility index (Phi) is 5.67. The zero-order valence-corrected chi connectivity index (χ0v) is 12.4. The number of nitrogens with one attached hydrogen (secondary N) is 2. The summed E-state index contributed by atoms with van der Waals surface area (Å²) in [6, 6.07) is 10.5. The molecule has 0 bridgehead atoms. The number of nitro benzene ring substituents is 1. The number of pyridine rings is 1. The normalized spacial score (nSPS) is 10.3. The number of hydrogen-bond acceptors (Lipinski definition) is 6. The van der Waals surface area contributed by atoms with E-state index < -0.39 is 16.7 Å². The summed E-state index contributed by atoms with van der Waals surface area (Å²) in [5, 5.41) is 16.6.